The number of likely N-dealkylation sites (tertiary alicyclic amines) is 1. The molecule has 0 unspecified atom stereocenters. The highest BCUT2D eigenvalue weighted by Gasteiger charge is 2.36. The van der Waals surface area contributed by atoms with Gasteiger partial charge in [0.05, 0.1) is 0 Å². The molecule has 0 bridgehead atoms. The molecule has 0 aromatic heterocycles. The molecule has 2 N–H and O–H groups in total. The molecule has 1 fully saturated rings. The quantitative estimate of drug-likeness (QED) is 0.628. The number of nitrogens with one attached hydrogen (secondary N) is 1. The first-order valence-corrected chi connectivity index (χ1v) is 6.96. The number of hydrogen-bond donors (Lipinski definition) is 3. The highest BCUT2D eigenvalue weighted by molar-refractivity contribution is 7.80. The second-order valence-corrected chi connectivity index (χ2v) is 5.21. The van der Waals surface area contributed by atoms with Gasteiger partial charge in [0.2, 0.25) is 11.8 Å². The lowest BCUT2D eigenvalue weighted by atomic mass is 10.1. The summed E-state index contributed by atoms with van der Waals surface area (Å²) in [6.07, 6.45) is 1.33. The third-order valence-corrected chi connectivity index (χ3v) is 3.81. The Morgan fingerprint density at radius 3 is 2.58 bits per heavy atom. The molecule has 0 radical (unpaired) electrons. The Morgan fingerprint density at radius 1 is 1.42 bits per heavy atom. The Bertz CT molecular complexity index is 375. The fraction of sp³-hybridized carbons (Fsp3) is 0.750. The summed E-state index contributed by atoms with van der Waals surface area (Å²) in [4.78, 5) is 36.3. The van der Waals surface area contributed by atoms with Gasteiger partial charge in [-0.25, -0.2) is 0 Å². The van der Waals surface area contributed by atoms with Crippen molar-refractivity contribution in [2.45, 2.75) is 38.8 Å². The Balaban J connectivity index is 2.68. The topological polar surface area (TPSA) is 86.7 Å². The predicted octanol–water partition coefficient (Wildman–Crippen LogP) is 0.133. The lowest BCUT2D eigenvalue weighted by molar-refractivity contribution is -0.144. The van der Waals surface area contributed by atoms with Crippen molar-refractivity contribution in [1.82, 2.24) is 10.2 Å². The van der Waals surface area contributed by atoms with Crippen LogP contribution in [-0.2, 0) is 14.4 Å². The van der Waals surface area contributed by atoms with Crippen molar-refractivity contribution in [3.8, 4) is 0 Å². The van der Waals surface area contributed by atoms with Crippen molar-refractivity contribution in [2.75, 3.05) is 12.3 Å². The molecular weight excluding hydrogens is 268 g/mol. The smallest absolute Gasteiger partial charge is 0.325 e. The minimum Gasteiger partial charge on any atom is -0.480 e. The van der Waals surface area contributed by atoms with Gasteiger partial charge >= 0.3 is 5.97 Å². The van der Waals surface area contributed by atoms with Crippen LogP contribution in [-0.4, -0.2) is 52.2 Å². The SMILES string of the molecule is C[C@H](CS)C(=O)N1CCC[C@H]1C(=O)N[C@@H](C)C(=O)O. The van der Waals surface area contributed by atoms with Gasteiger partial charge in [-0.3, -0.25) is 14.4 Å². The van der Waals surface area contributed by atoms with Crippen LogP contribution < -0.4 is 5.32 Å². The maximum atomic E-state index is 12.1. The summed E-state index contributed by atoms with van der Waals surface area (Å²) in [5.41, 5.74) is 0. The van der Waals surface area contributed by atoms with Gasteiger partial charge in [-0.2, -0.15) is 12.6 Å². The van der Waals surface area contributed by atoms with E-state index in [1.54, 1.807) is 6.92 Å². The van der Waals surface area contributed by atoms with Crippen molar-refractivity contribution in [2.24, 2.45) is 5.92 Å². The summed E-state index contributed by atoms with van der Waals surface area (Å²) >= 11 is 4.09. The Labute approximate surface area is 117 Å². The van der Waals surface area contributed by atoms with Crippen molar-refractivity contribution < 1.29 is 19.5 Å². The number of rotatable bonds is 5. The number of nitrogens with zero attached hydrogens (tertiary/aromatic N) is 1. The summed E-state index contributed by atoms with van der Waals surface area (Å²) in [5.74, 6) is -1.40. The predicted molar refractivity (Wildman–Crippen MR) is 73.0 cm³/mol. The number of amides is 2. The van der Waals surface area contributed by atoms with Crippen LogP contribution in [0.5, 0.6) is 0 Å². The highest BCUT2D eigenvalue weighted by Crippen LogP contribution is 2.20. The summed E-state index contributed by atoms with van der Waals surface area (Å²) < 4.78 is 0. The molecule has 1 heterocycles. The number of carbonyl (C=O) groups excluding carboxylic acids is 2. The van der Waals surface area contributed by atoms with Crippen LogP contribution in [0, 0.1) is 5.92 Å². The molecule has 1 rings (SSSR count). The molecule has 7 heteroatoms. The van der Waals surface area contributed by atoms with E-state index in [4.69, 9.17) is 5.11 Å². The molecule has 0 aliphatic carbocycles. The van der Waals surface area contributed by atoms with E-state index in [0.717, 1.165) is 6.42 Å². The fourth-order valence-electron chi connectivity index (χ4n) is 2.04. The number of hydrogen-bond acceptors (Lipinski definition) is 4. The van der Waals surface area contributed by atoms with Crippen LogP contribution in [0.1, 0.15) is 26.7 Å². The zero-order valence-electron chi connectivity index (χ0n) is 11.1. The average molecular weight is 288 g/mol. The second-order valence-electron chi connectivity index (χ2n) is 4.84. The van der Waals surface area contributed by atoms with E-state index < -0.39 is 24.0 Å². The fourth-order valence-corrected chi connectivity index (χ4v) is 2.19. The van der Waals surface area contributed by atoms with Crippen LogP contribution in [0.15, 0.2) is 0 Å². The van der Waals surface area contributed by atoms with E-state index in [1.165, 1.54) is 11.8 Å². The number of carboxylic acid groups (broad SMARTS) is 1. The molecule has 3 atom stereocenters. The maximum absolute atomic E-state index is 12.1. The molecular formula is C12H20N2O4S. The monoisotopic (exact) mass is 288 g/mol. The van der Waals surface area contributed by atoms with Crippen molar-refractivity contribution in [1.29, 1.82) is 0 Å². The maximum Gasteiger partial charge on any atom is 0.325 e. The number of aliphatic carboxylic acids is 1. The molecule has 0 saturated carbocycles. The molecule has 0 aromatic rings. The van der Waals surface area contributed by atoms with Crippen LogP contribution >= 0.6 is 12.6 Å². The zero-order chi connectivity index (χ0) is 14.6. The lowest BCUT2D eigenvalue weighted by Crippen LogP contribution is -2.51. The summed E-state index contributed by atoms with van der Waals surface area (Å²) in [6.45, 7) is 3.71. The first-order valence-electron chi connectivity index (χ1n) is 6.33. The Hall–Kier alpha value is -1.24. The van der Waals surface area contributed by atoms with Crippen LogP contribution in [0.25, 0.3) is 0 Å². The minimum atomic E-state index is -1.09. The lowest BCUT2D eigenvalue weighted by Gasteiger charge is -2.26. The van der Waals surface area contributed by atoms with Gasteiger partial charge in [0, 0.05) is 18.2 Å². The van der Waals surface area contributed by atoms with Gasteiger partial charge in [0.1, 0.15) is 12.1 Å². The number of thiol groups is 1. The van der Waals surface area contributed by atoms with E-state index in [1.807, 2.05) is 0 Å². The first-order chi connectivity index (χ1) is 8.88. The van der Waals surface area contributed by atoms with E-state index in [9.17, 15) is 14.4 Å². The van der Waals surface area contributed by atoms with E-state index >= 15 is 0 Å². The molecule has 0 aromatic carbocycles. The molecule has 0 spiro atoms. The van der Waals surface area contributed by atoms with E-state index in [0.29, 0.717) is 18.7 Å². The van der Waals surface area contributed by atoms with Gasteiger partial charge in [0.25, 0.3) is 0 Å². The standard InChI is InChI=1S/C12H20N2O4S/c1-7(6-19)11(16)14-5-3-4-9(14)10(15)13-8(2)12(17)18/h7-9,19H,3-6H2,1-2H3,(H,13,15)(H,17,18)/t7-,8+,9+/m1/s1. The molecule has 6 nitrogen and oxygen atoms in total. The second kappa shape index (κ2) is 6.79. The highest BCUT2D eigenvalue weighted by atomic mass is 32.1. The van der Waals surface area contributed by atoms with Gasteiger partial charge in [-0.05, 0) is 19.8 Å². The Morgan fingerprint density at radius 2 is 2.05 bits per heavy atom. The molecule has 1 aliphatic rings. The molecule has 2 amide bonds. The summed E-state index contributed by atoms with van der Waals surface area (Å²) in [5, 5.41) is 11.2. The zero-order valence-corrected chi connectivity index (χ0v) is 12.0. The van der Waals surface area contributed by atoms with E-state index in [-0.39, 0.29) is 11.8 Å². The molecule has 1 saturated heterocycles. The molecule has 108 valence electrons. The minimum absolute atomic E-state index is 0.101. The Kier molecular flexibility index (Phi) is 5.65. The van der Waals surface area contributed by atoms with Crippen molar-refractivity contribution in [3.63, 3.8) is 0 Å². The molecule has 1 aliphatic heterocycles. The van der Waals surface area contributed by atoms with Gasteiger partial charge < -0.3 is 15.3 Å². The number of carbonyl (C=O) groups is 3. The third-order valence-electron chi connectivity index (χ3n) is 3.26. The van der Waals surface area contributed by atoms with Crippen LogP contribution in [0.4, 0.5) is 0 Å². The van der Waals surface area contributed by atoms with Crippen LogP contribution in [0.2, 0.25) is 0 Å². The van der Waals surface area contributed by atoms with Gasteiger partial charge in [0.15, 0.2) is 0 Å². The van der Waals surface area contributed by atoms with E-state index in [2.05, 4.69) is 17.9 Å². The summed E-state index contributed by atoms with van der Waals surface area (Å²) in [6, 6.07) is -1.51. The number of carboxylic acids is 1. The van der Waals surface area contributed by atoms with Gasteiger partial charge in [-0.1, -0.05) is 6.92 Å². The largest absolute Gasteiger partial charge is 0.480 e. The third kappa shape index (κ3) is 3.86. The van der Waals surface area contributed by atoms with Crippen molar-refractivity contribution in [3.05, 3.63) is 0 Å². The first kappa shape index (κ1) is 15.8. The normalized spacial score (nSPS) is 21.8. The van der Waals surface area contributed by atoms with Crippen LogP contribution in [0.3, 0.4) is 0 Å². The average Bonchev–Trinajstić information content (AvgIpc) is 2.85. The molecule has 19 heavy (non-hydrogen) atoms. The summed E-state index contributed by atoms with van der Waals surface area (Å²) in [7, 11) is 0. The van der Waals surface area contributed by atoms with Crippen molar-refractivity contribution >= 4 is 30.4 Å². The van der Waals surface area contributed by atoms with Gasteiger partial charge in [-0.15, -0.1) is 0 Å².